The molecule has 0 aliphatic rings. The fourth-order valence-electron chi connectivity index (χ4n) is 2.36. The summed E-state index contributed by atoms with van der Waals surface area (Å²) in [6.45, 7) is 8.83. The number of nitrogens with one attached hydrogen (secondary N) is 3. The fraction of sp³-hybridized carbons (Fsp3) is 0.529. The molecule has 0 bridgehead atoms. The standard InChI is InChI=1S/C17H25Cl2N3O2/c1-5-22(9-16(23)20-11(2)3)10-17(24)21-12(4)14-7-6-13(18)8-15(14)19/h6-8,11-12H,5,9-10H2,1-4H3,(H,20,23)(H,21,24)/p+1/t12-/m0/s1. The van der Waals surface area contributed by atoms with Gasteiger partial charge in [0.1, 0.15) is 0 Å². The number of likely N-dealkylation sites (N-methyl/N-ethyl adjacent to an activating group) is 1. The van der Waals surface area contributed by atoms with E-state index < -0.39 is 0 Å². The van der Waals surface area contributed by atoms with Gasteiger partial charge in [0.15, 0.2) is 13.1 Å². The Hall–Kier alpha value is -1.30. The van der Waals surface area contributed by atoms with Crippen LogP contribution >= 0.6 is 23.2 Å². The highest BCUT2D eigenvalue weighted by molar-refractivity contribution is 6.35. The van der Waals surface area contributed by atoms with E-state index in [4.69, 9.17) is 23.2 Å². The Morgan fingerprint density at radius 3 is 2.17 bits per heavy atom. The molecule has 0 fully saturated rings. The number of halogens is 2. The van der Waals surface area contributed by atoms with Crippen molar-refractivity contribution in [2.75, 3.05) is 19.6 Å². The third kappa shape index (κ3) is 7.07. The molecule has 0 saturated heterocycles. The molecule has 0 saturated carbocycles. The largest absolute Gasteiger partial charge is 0.349 e. The van der Waals surface area contributed by atoms with Gasteiger partial charge >= 0.3 is 0 Å². The van der Waals surface area contributed by atoms with Crippen molar-refractivity contribution in [1.29, 1.82) is 0 Å². The van der Waals surface area contributed by atoms with E-state index in [1.165, 1.54) is 0 Å². The first-order valence-corrected chi connectivity index (χ1v) is 8.85. The van der Waals surface area contributed by atoms with Gasteiger partial charge in [-0.1, -0.05) is 29.3 Å². The third-order valence-electron chi connectivity index (χ3n) is 3.58. The molecule has 134 valence electrons. The minimum atomic E-state index is -0.232. The predicted molar refractivity (Wildman–Crippen MR) is 97.5 cm³/mol. The first kappa shape index (κ1) is 20.7. The van der Waals surface area contributed by atoms with Gasteiger partial charge in [-0.25, -0.2) is 0 Å². The van der Waals surface area contributed by atoms with Crippen LogP contribution in [0, 0.1) is 0 Å². The maximum Gasteiger partial charge on any atom is 0.275 e. The molecule has 1 aromatic rings. The first-order chi connectivity index (χ1) is 11.2. The lowest BCUT2D eigenvalue weighted by molar-refractivity contribution is -0.881. The first-order valence-electron chi connectivity index (χ1n) is 8.10. The van der Waals surface area contributed by atoms with Gasteiger partial charge in [-0.2, -0.15) is 0 Å². The van der Waals surface area contributed by atoms with Crippen LogP contribution in [0.1, 0.15) is 39.3 Å². The second-order valence-electron chi connectivity index (χ2n) is 6.13. The summed E-state index contributed by atoms with van der Waals surface area (Å²) < 4.78 is 0. The second kappa shape index (κ2) is 9.87. The molecule has 0 heterocycles. The maximum absolute atomic E-state index is 12.2. The van der Waals surface area contributed by atoms with E-state index in [-0.39, 0.29) is 37.0 Å². The molecule has 0 aliphatic heterocycles. The molecule has 5 nitrogen and oxygen atoms in total. The number of carbonyl (C=O) groups is 2. The van der Waals surface area contributed by atoms with Crippen molar-refractivity contribution in [2.45, 2.75) is 39.8 Å². The third-order valence-corrected chi connectivity index (χ3v) is 4.14. The maximum atomic E-state index is 12.2. The number of hydrogen-bond acceptors (Lipinski definition) is 2. The highest BCUT2D eigenvalue weighted by atomic mass is 35.5. The summed E-state index contributed by atoms with van der Waals surface area (Å²) in [4.78, 5) is 25.0. The van der Waals surface area contributed by atoms with Crippen molar-refractivity contribution in [3.8, 4) is 0 Å². The Morgan fingerprint density at radius 1 is 1.08 bits per heavy atom. The van der Waals surface area contributed by atoms with E-state index in [0.29, 0.717) is 16.6 Å². The van der Waals surface area contributed by atoms with Gasteiger partial charge in [0.05, 0.1) is 12.6 Å². The Balaban J connectivity index is 2.58. The van der Waals surface area contributed by atoms with Crippen molar-refractivity contribution >= 4 is 35.0 Å². The van der Waals surface area contributed by atoms with Gasteiger partial charge < -0.3 is 15.5 Å². The van der Waals surface area contributed by atoms with E-state index in [2.05, 4.69) is 10.6 Å². The predicted octanol–water partition coefficient (Wildman–Crippen LogP) is 1.60. The molecule has 3 N–H and O–H groups in total. The van der Waals surface area contributed by atoms with Crippen molar-refractivity contribution in [3.63, 3.8) is 0 Å². The molecule has 24 heavy (non-hydrogen) atoms. The van der Waals surface area contributed by atoms with Gasteiger partial charge in [0.2, 0.25) is 0 Å². The minimum absolute atomic E-state index is 0.0524. The molecule has 2 amide bonds. The van der Waals surface area contributed by atoms with Gasteiger partial charge in [0, 0.05) is 16.1 Å². The number of benzene rings is 1. The fourth-order valence-corrected chi connectivity index (χ4v) is 2.93. The molecule has 0 aliphatic carbocycles. The van der Waals surface area contributed by atoms with E-state index in [0.717, 1.165) is 10.5 Å². The van der Waals surface area contributed by atoms with Crippen LogP contribution in [-0.4, -0.2) is 37.5 Å². The molecule has 7 heteroatoms. The van der Waals surface area contributed by atoms with Crippen LogP contribution in [0.5, 0.6) is 0 Å². The van der Waals surface area contributed by atoms with E-state index in [1.807, 2.05) is 27.7 Å². The SMILES string of the molecule is CC[NH+](CC(=O)NC(C)C)CC(=O)N[C@@H](C)c1ccc(Cl)cc1Cl. The lowest BCUT2D eigenvalue weighted by Crippen LogP contribution is -3.14. The van der Waals surface area contributed by atoms with Gasteiger partial charge in [-0.3, -0.25) is 9.59 Å². The molecule has 1 rings (SSSR count). The van der Waals surface area contributed by atoms with Crippen molar-refractivity contribution < 1.29 is 14.5 Å². The summed E-state index contributed by atoms with van der Waals surface area (Å²) in [6.07, 6.45) is 0. The Labute approximate surface area is 153 Å². The number of quaternary nitrogens is 1. The van der Waals surface area contributed by atoms with Crippen LogP contribution < -0.4 is 15.5 Å². The highest BCUT2D eigenvalue weighted by Crippen LogP contribution is 2.25. The van der Waals surface area contributed by atoms with Crippen LogP contribution in [0.2, 0.25) is 10.0 Å². The smallest absolute Gasteiger partial charge is 0.275 e. The number of rotatable bonds is 8. The zero-order chi connectivity index (χ0) is 18.3. The van der Waals surface area contributed by atoms with Gasteiger partial charge in [-0.05, 0) is 45.4 Å². The van der Waals surface area contributed by atoms with Crippen molar-refractivity contribution in [1.82, 2.24) is 10.6 Å². The minimum Gasteiger partial charge on any atom is -0.349 e. The van der Waals surface area contributed by atoms with Crippen LogP contribution in [0.4, 0.5) is 0 Å². The lowest BCUT2D eigenvalue weighted by Gasteiger charge is -2.20. The number of hydrogen-bond donors (Lipinski definition) is 3. The summed E-state index contributed by atoms with van der Waals surface area (Å²) in [5.41, 5.74) is 0.810. The summed E-state index contributed by atoms with van der Waals surface area (Å²) in [5.74, 6) is -0.175. The second-order valence-corrected chi connectivity index (χ2v) is 6.98. The van der Waals surface area contributed by atoms with Crippen molar-refractivity contribution in [2.24, 2.45) is 0 Å². The Morgan fingerprint density at radius 2 is 1.67 bits per heavy atom. The van der Waals surface area contributed by atoms with E-state index >= 15 is 0 Å². The number of amides is 2. The lowest BCUT2D eigenvalue weighted by atomic mass is 10.1. The van der Waals surface area contributed by atoms with Gasteiger partial charge in [0.25, 0.3) is 11.8 Å². The molecule has 0 radical (unpaired) electrons. The van der Waals surface area contributed by atoms with E-state index in [9.17, 15) is 9.59 Å². The van der Waals surface area contributed by atoms with Crippen molar-refractivity contribution in [3.05, 3.63) is 33.8 Å². The quantitative estimate of drug-likeness (QED) is 0.646. The zero-order valence-corrected chi connectivity index (χ0v) is 16.1. The Kier molecular flexibility index (Phi) is 8.53. The average molecular weight is 375 g/mol. The average Bonchev–Trinajstić information content (AvgIpc) is 2.45. The molecule has 0 spiro atoms. The Bertz CT molecular complexity index is 579. The molecule has 1 unspecified atom stereocenters. The van der Waals surface area contributed by atoms with Crippen LogP contribution in [0.15, 0.2) is 18.2 Å². The van der Waals surface area contributed by atoms with Crippen LogP contribution in [0.25, 0.3) is 0 Å². The molecule has 0 aromatic heterocycles. The summed E-state index contributed by atoms with van der Waals surface area (Å²) >= 11 is 12.1. The molecular weight excluding hydrogens is 349 g/mol. The normalized spacial score (nSPS) is 13.5. The summed E-state index contributed by atoms with van der Waals surface area (Å²) in [6, 6.07) is 5.06. The summed E-state index contributed by atoms with van der Waals surface area (Å²) in [5, 5.41) is 6.83. The van der Waals surface area contributed by atoms with Crippen LogP contribution in [0.3, 0.4) is 0 Å². The monoisotopic (exact) mass is 374 g/mol. The summed E-state index contributed by atoms with van der Waals surface area (Å²) in [7, 11) is 0. The molecular formula is C17H26Cl2N3O2+. The zero-order valence-electron chi connectivity index (χ0n) is 14.6. The highest BCUT2D eigenvalue weighted by Gasteiger charge is 2.19. The molecule has 2 atom stereocenters. The topological polar surface area (TPSA) is 62.6 Å². The van der Waals surface area contributed by atoms with E-state index in [1.54, 1.807) is 18.2 Å². The van der Waals surface area contributed by atoms with Crippen LogP contribution in [-0.2, 0) is 9.59 Å². The molecule has 1 aromatic carbocycles. The van der Waals surface area contributed by atoms with Gasteiger partial charge in [-0.15, -0.1) is 0 Å². The number of carbonyl (C=O) groups excluding carboxylic acids is 2.